The number of fused-ring (bicyclic) bond motifs is 2. The highest BCUT2D eigenvalue weighted by Gasteiger charge is 2.10. The summed E-state index contributed by atoms with van der Waals surface area (Å²) in [6.07, 6.45) is 0. The van der Waals surface area contributed by atoms with Crippen LogP contribution in [0.15, 0.2) is 66.7 Å². The molecule has 0 amide bonds. The molecule has 0 unspecified atom stereocenters. The molecule has 0 aliphatic heterocycles. The third kappa shape index (κ3) is 2.81. The molecule has 4 aromatic rings. The van der Waals surface area contributed by atoms with E-state index < -0.39 is 0 Å². The minimum absolute atomic E-state index is 0. The van der Waals surface area contributed by atoms with Gasteiger partial charge in [-0.05, 0) is 42.8 Å². The summed E-state index contributed by atoms with van der Waals surface area (Å²) in [5.74, 6) is 0. The molecule has 0 aliphatic carbocycles. The smallest absolute Gasteiger partial charge is 0.0759 e. The first-order valence-electron chi connectivity index (χ1n) is 7.63. The molecule has 0 spiro atoms. The molecule has 3 nitrogen and oxygen atoms in total. The van der Waals surface area contributed by atoms with Gasteiger partial charge in [-0.3, -0.25) is 0 Å². The SMILES string of the molecule is Br.Cc1cccc2c(Nc3ccc(N)cc3)c3ccccc3nc12. The van der Waals surface area contributed by atoms with Gasteiger partial charge in [0.15, 0.2) is 0 Å². The molecule has 0 aliphatic rings. The molecule has 120 valence electrons. The molecule has 0 saturated carbocycles. The number of hydrogen-bond acceptors (Lipinski definition) is 3. The van der Waals surface area contributed by atoms with Crippen molar-refractivity contribution in [2.45, 2.75) is 6.92 Å². The van der Waals surface area contributed by atoms with E-state index in [1.807, 2.05) is 36.4 Å². The Labute approximate surface area is 151 Å². The Bertz CT molecular complexity index is 1010. The topological polar surface area (TPSA) is 50.9 Å². The van der Waals surface area contributed by atoms with Gasteiger partial charge >= 0.3 is 0 Å². The van der Waals surface area contributed by atoms with E-state index in [-0.39, 0.29) is 17.0 Å². The van der Waals surface area contributed by atoms with E-state index >= 15 is 0 Å². The first kappa shape index (κ1) is 16.3. The Morgan fingerprint density at radius 3 is 2.33 bits per heavy atom. The molecule has 4 heteroatoms. The number of nitrogens with one attached hydrogen (secondary N) is 1. The summed E-state index contributed by atoms with van der Waals surface area (Å²) in [5.41, 5.74) is 11.8. The predicted octanol–water partition coefficient (Wildman–Crippen LogP) is 5.60. The van der Waals surface area contributed by atoms with E-state index in [0.717, 1.165) is 38.9 Å². The van der Waals surface area contributed by atoms with Gasteiger partial charge in [-0.15, -0.1) is 17.0 Å². The Morgan fingerprint density at radius 2 is 1.54 bits per heavy atom. The maximum atomic E-state index is 5.78. The Hall–Kier alpha value is -2.59. The molecular formula is C20H18BrN3. The molecule has 1 heterocycles. The molecular weight excluding hydrogens is 362 g/mol. The van der Waals surface area contributed by atoms with Crippen molar-refractivity contribution in [1.82, 2.24) is 4.98 Å². The lowest BCUT2D eigenvalue weighted by molar-refractivity contribution is 1.42. The highest BCUT2D eigenvalue weighted by molar-refractivity contribution is 8.93. The van der Waals surface area contributed by atoms with Crippen LogP contribution < -0.4 is 11.1 Å². The summed E-state index contributed by atoms with van der Waals surface area (Å²) in [7, 11) is 0. The van der Waals surface area contributed by atoms with Gasteiger partial charge in [0.1, 0.15) is 0 Å². The number of anilines is 3. The fraction of sp³-hybridized carbons (Fsp3) is 0.0500. The van der Waals surface area contributed by atoms with Crippen LogP contribution in [-0.4, -0.2) is 4.98 Å². The number of para-hydroxylation sites is 2. The van der Waals surface area contributed by atoms with Crippen molar-refractivity contribution in [3.63, 3.8) is 0 Å². The van der Waals surface area contributed by atoms with Gasteiger partial charge in [0, 0.05) is 22.1 Å². The summed E-state index contributed by atoms with van der Waals surface area (Å²) in [5, 5.41) is 5.79. The second kappa shape index (κ2) is 6.49. The quantitative estimate of drug-likeness (QED) is 0.352. The summed E-state index contributed by atoms with van der Waals surface area (Å²) in [4.78, 5) is 4.83. The predicted molar refractivity (Wildman–Crippen MR) is 108 cm³/mol. The van der Waals surface area contributed by atoms with Crippen molar-refractivity contribution in [1.29, 1.82) is 0 Å². The van der Waals surface area contributed by atoms with Crippen molar-refractivity contribution < 1.29 is 0 Å². The lowest BCUT2D eigenvalue weighted by Crippen LogP contribution is -1.96. The normalized spacial score (nSPS) is 10.5. The molecule has 0 fully saturated rings. The minimum atomic E-state index is 0. The zero-order valence-corrected chi connectivity index (χ0v) is 15.0. The third-order valence-electron chi connectivity index (χ3n) is 4.09. The van der Waals surface area contributed by atoms with E-state index in [4.69, 9.17) is 10.7 Å². The lowest BCUT2D eigenvalue weighted by atomic mass is 10.0. The standard InChI is InChI=1S/C20H17N3.BrH/c1-13-5-4-7-17-19(13)23-18-8-3-2-6-16(18)20(17)22-15-11-9-14(21)10-12-15;/h2-12H,21H2,1H3,(H,22,23);1H. The van der Waals surface area contributed by atoms with Crippen LogP contribution in [0.3, 0.4) is 0 Å². The molecule has 3 aromatic carbocycles. The summed E-state index contributed by atoms with van der Waals surface area (Å²) >= 11 is 0. The van der Waals surface area contributed by atoms with Crippen molar-refractivity contribution in [2.24, 2.45) is 0 Å². The Balaban J connectivity index is 0.00000169. The first-order valence-corrected chi connectivity index (χ1v) is 7.63. The molecule has 0 radical (unpaired) electrons. The van der Waals surface area contributed by atoms with Gasteiger partial charge in [-0.1, -0.05) is 36.4 Å². The second-order valence-electron chi connectivity index (χ2n) is 5.72. The van der Waals surface area contributed by atoms with Crippen LogP contribution in [0.4, 0.5) is 17.1 Å². The van der Waals surface area contributed by atoms with Gasteiger partial charge in [-0.25, -0.2) is 4.98 Å². The van der Waals surface area contributed by atoms with Crippen LogP contribution in [0, 0.1) is 6.92 Å². The zero-order valence-electron chi connectivity index (χ0n) is 13.3. The van der Waals surface area contributed by atoms with Crippen LogP contribution in [0.25, 0.3) is 21.8 Å². The Morgan fingerprint density at radius 1 is 0.833 bits per heavy atom. The first-order chi connectivity index (χ1) is 11.2. The average molecular weight is 380 g/mol. The number of pyridine rings is 1. The number of nitrogen functional groups attached to an aromatic ring is 1. The summed E-state index contributed by atoms with van der Waals surface area (Å²) in [6.45, 7) is 2.09. The van der Waals surface area contributed by atoms with E-state index in [2.05, 4.69) is 42.6 Å². The molecule has 1 aromatic heterocycles. The zero-order chi connectivity index (χ0) is 15.8. The number of nitrogens with two attached hydrogens (primary N) is 1. The van der Waals surface area contributed by atoms with E-state index in [1.165, 1.54) is 5.56 Å². The lowest BCUT2D eigenvalue weighted by Gasteiger charge is -2.14. The summed E-state index contributed by atoms with van der Waals surface area (Å²) < 4.78 is 0. The monoisotopic (exact) mass is 379 g/mol. The number of rotatable bonds is 2. The van der Waals surface area contributed by atoms with Crippen molar-refractivity contribution >= 4 is 55.8 Å². The number of halogens is 1. The fourth-order valence-electron chi connectivity index (χ4n) is 2.90. The fourth-order valence-corrected chi connectivity index (χ4v) is 2.90. The molecule has 0 bridgehead atoms. The number of benzene rings is 3. The summed E-state index contributed by atoms with van der Waals surface area (Å²) in [6, 6.07) is 22.3. The molecule has 3 N–H and O–H groups in total. The van der Waals surface area contributed by atoms with Crippen molar-refractivity contribution in [2.75, 3.05) is 11.1 Å². The second-order valence-corrected chi connectivity index (χ2v) is 5.72. The average Bonchev–Trinajstić information content (AvgIpc) is 2.57. The van der Waals surface area contributed by atoms with Gasteiger partial charge < -0.3 is 11.1 Å². The largest absolute Gasteiger partial charge is 0.399 e. The minimum Gasteiger partial charge on any atom is -0.399 e. The van der Waals surface area contributed by atoms with E-state index in [9.17, 15) is 0 Å². The number of aromatic nitrogens is 1. The van der Waals surface area contributed by atoms with Gasteiger partial charge in [0.25, 0.3) is 0 Å². The molecule has 4 rings (SSSR count). The van der Waals surface area contributed by atoms with Crippen LogP contribution in [0.5, 0.6) is 0 Å². The third-order valence-corrected chi connectivity index (χ3v) is 4.09. The van der Waals surface area contributed by atoms with Crippen molar-refractivity contribution in [3.8, 4) is 0 Å². The van der Waals surface area contributed by atoms with Crippen LogP contribution in [0.1, 0.15) is 5.56 Å². The number of nitrogens with zero attached hydrogens (tertiary/aromatic N) is 1. The van der Waals surface area contributed by atoms with Crippen molar-refractivity contribution in [3.05, 3.63) is 72.3 Å². The maximum absolute atomic E-state index is 5.78. The molecule has 0 saturated heterocycles. The number of hydrogen-bond donors (Lipinski definition) is 2. The molecule has 0 atom stereocenters. The highest BCUT2D eigenvalue weighted by Crippen LogP contribution is 2.34. The van der Waals surface area contributed by atoms with Gasteiger partial charge in [0.2, 0.25) is 0 Å². The van der Waals surface area contributed by atoms with Gasteiger partial charge in [0.05, 0.1) is 16.7 Å². The van der Waals surface area contributed by atoms with E-state index in [0.29, 0.717) is 0 Å². The van der Waals surface area contributed by atoms with Crippen LogP contribution in [-0.2, 0) is 0 Å². The van der Waals surface area contributed by atoms with Crippen LogP contribution in [0.2, 0.25) is 0 Å². The number of aryl methyl sites for hydroxylation is 1. The molecule has 24 heavy (non-hydrogen) atoms. The Kier molecular flexibility index (Phi) is 4.40. The maximum Gasteiger partial charge on any atom is 0.0759 e. The van der Waals surface area contributed by atoms with Gasteiger partial charge in [-0.2, -0.15) is 0 Å². The highest BCUT2D eigenvalue weighted by atomic mass is 79.9. The van der Waals surface area contributed by atoms with E-state index in [1.54, 1.807) is 0 Å². The van der Waals surface area contributed by atoms with Crippen LogP contribution >= 0.6 is 17.0 Å².